The van der Waals surface area contributed by atoms with E-state index in [0.717, 1.165) is 18.2 Å². The minimum atomic E-state index is -4.54. The van der Waals surface area contributed by atoms with Crippen molar-refractivity contribution >= 4 is 29.1 Å². The first-order valence-electron chi connectivity index (χ1n) is 5.80. The molecule has 6 nitrogen and oxygen atoms in total. The lowest BCUT2D eigenvalue weighted by molar-refractivity contribution is -0.137. The number of benzene rings is 1. The second-order valence-corrected chi connectivity index (χ2v) is 4.46. The van der Waals surface area contributed by atoms with Crippen LogP contribution in [0.2, 0.25) is 5.15 Å². The van der Waals surface area contributed by atoms with Crippen molar-refractivity contribution in [1.29, 1.82) is 0 Å². The van der Waals surface area contributed by atoms with E-state index in [1.165, 1.54) is 18.2 Å². The number of rotatable bonds is 3. The molecule has 2 amide bonds. The number of halogens is 4. The Labute approximate surface area is 127 Å². The molecule has 0 radical (unpaired) electrons. The Morgan fingerprint density at radius 2 is 1.95 bits per heavy atom. The predicted octanol–water partition coefficient (Wildman–Crippen LogP) is 3.06. The van der Waals surface area contributed by atoms with Crippen molar-refractivity contribution in [1.82, 2.24) is 10.2 Å². The zero-order chi connectivity index (χ0) is 16.3. The summed E-state index contributed by atoms with van der Waals surface area (Å²) in [5.41, 5.74) is 6.62. The first-order valence-corrected chi connectivity index (χ1v) is 6.18. The molecular formula is C12H9ClF3N5O. The van der Waals surface area contributed by atoms with Crippen LogP contribution in [0.1, 0.15) is 5.56 Å². The first-order chi connectivity index (χ1) is 10.3. The first kappa shape index (κ1) is 15.8. The monoisotopic (exact) mass is 331 g/mol. The largest absolute Gasteiger partial charge is 0.416 e. The molecule has 0 spiro atoms. The minimum absolute atomic E-state index is 0.0839. The molecule has 0 saturated carbocycles. The molecule has 0 aliphatic rings. The van der Waals surface area contributed by atoms with Gasteiger partial charge in [-0.3, -0.25) is 5.43 Å². The number of hydrogen-bond acceptors (Lipinski definition) is 4. The van der Waals surface area contributed by atoms with Crippen LogP contribution in [0.4, 0.5) is 29.5 Å². The Bertz CT molecular complexity index is 677. The summed E-state index contributed by atoms with van der Waals surface area (Å²) in [5, 5.41) is 8.00. The summed E-state index contributed by atoms with van der Waals surface area (Å²) in [4.78, 5) is 11.5. The van der Waals surface area contributed by atoms with Crippen LogP contribution >= 0.6 is 11.6 Å². The van der Waals surface area contributed by atoms with Gasteiger partial charge in [-0.2, -0.15) is 13.2 Å². The number of aromatic nitrogens is 2. The molecular weight excluding hydrogens is 323 g/mol. The van der Waals surface area contributed by atoms with E-state index < -0.39 is 17.8 Å². The van der Waals surface area contributed by atoms with Gasteiger partial charge >= 0.3 is 12.2 Å². The van der Waals surface area contributed by atoms with Crippen molar-refractivity contribution in [2.75, 3.05) is 10.4 Å². The van der Waals surface area contributed by atoms with Gasteiger partial charge in [-0.05, 0) is 30.3 Å². The van der Waals surface area contributed by atoms with E-state index in [9.17, 15) is 18.0 Å². The van der Waals surface area contributed by atoms with Crippen LogP contribution in [0.5, 0.6) is 0 Å². The average Bonchev–Trinajstić information content (AvgIpc) is 2.45. The van der Waals surface area contributed by atoms with Gasteiger partial charge < -0.3 is 5.73 Å². The molecule has 3 N–H and O–H groups in total. The maximum Gasteiger partial charge on any atom is 0.416 e. The summed E-state index contributed by atoms with van der Waals surface area (Å²) < 4.78 is 38.1. The normalized spacial score (nSPS) is 11.1. The van der Waals surface area contributed by atoms with Gasteiger partial charge in [0, 0.05) is 0 Å². The number of primary amides is 1. The SMILES string of the molecule is NC(=O)N(Nc1ccc(Cl)nn1)c1cccc(C(F)(F)F)c1. The third-order valence-corrected chi connectivity index (χ3v) is 2.71. The van der Waals surface area contributed by atoms with Crippen LogP contribution < -0.4 is 16.2 Å². The van der Waals surface area contributed by atoms with Gasteiger partial charge in [0.25, 0.3) is 0 Å². The Hall–Kier alpha value is -2.55. The van der Waals surface area contributed by atoms with E-state index in [1.54, 1.807) is 0 Å². The van der Waals surface area contributed by atoms with Gasteiger partial charge in [0.05, 0.1) is 11.3 Å². The zero-order valence-electron chi connectivity index (χ0n) is 10.8. The summed E-state index contributed by atoms with van der Waals surface area (Å²) >= 11 is 5.57. The molecule has 0 fully saturated rings. The number of hydrazine groups is 1. The summed E-state index contributed by atoms with van der Waals surface area (Å²) in [6, 6.07) is 5.86. The number of hydrogen-bond donors (Lipinski definition) is 2. The van der Waals surface area contributed by atoms with E-state index in [0.29, 0.717) is 5.01 Å². The number of nitrogens with two attached hydrogens (primary N) is 1. The van der Waals surface area contributed by atoms with E-state index in [2.05, 4.69) is 15.6 Å². The average molecular weight is 332 g/mol. The van der Waals surface area contributed by atoms with Crippen LogP contribution in [0.25, 0.3) is 0 Å². The molecule has 0 bridgehead atoms. The number of nitrogens with one attached hydrogen (secondary N) is 1. The summed E-state index contributed by atoms with van der Waals surface area (Å²) in [7, 11) is 0. The Morgan fingerprint density at radius 3 is 2.50 bits per heavy atom. The molecule has 2 rings (SSSR count). The third kappa shape index (κ3) is 3.76. The van der Waals surface area contributed by atoms with Crippen molar-refractivity contribution in [3.05, 3.63) is 47.1 Å². The Kier molecular flexibility index (Phi) is 4.36. The van der Waals surface area contributed by atoms with Crippen molar-refractivity contribution in [3.8, 4) is 0 Å². The second kappa shape index (κ2) is 6.06. The molecule has 2 aromatic rings. The van der Waals surface area contributed by atoms with Gasteiger partial charge in [0.15, 0.2) is 11.0 Å². The quantitative estimate of drug-likeness (QED) is 0.847. The highest BCUT2D eigenvalue weighted by atomic mass is 35.5. The molecule has 22 heavy (non-hydrogen) atoms. The lowest BCUT2D eigenvalue weighted by Crippen LogP contribution is -2.40. The lowest BCUT2D eigenvalue weighted by Gasteiger charge is -2.22. The maximum atomic E-state index is 12.7. The summed E-state index contributed by atoms with van der Waals surface area (Å²) in [5.74, 6) is 0.0839. The Balaban J connectivity index is 2.32. The highest BCUT2D eigenvalue weighted by Gasteiger charge is 2.31. The van der Waals surface area contributed by atoms with Crippen LogP contribution in [0.3, 0.4) is 0 Å². The number of nitrogens with zero attached hydrogens (tertiary/aromatic N) is 3. The summed E-state index contributed by atoms with van der Waals surface area (Å²) in [6.07, 6.45) is -4.54. The molecule has 10 heteroatoms. The predicted molar refractivity (Wildman–Crippen MR) is 74.2 cm³/mol. The number of anilines is 2. The van der Waals surface area contributed by atoms with E-state index in [4.69, 9.17) is 17.3 Å². The number of carbonyl (C=O) groups excluding carboxylic acids is 1. The second-order valence-electron chi connectivity index (χ2n) is 4.07. The highest BCUT2D eigenvalue weighted by Crippen LogP contribution is 2.31. The fraction of sp³-hybridized carbons (Fsp3) is 0.0833. The molecule has 0 saturated heterocycles. The van der Waals surface area contributed by atoms with Crippen molar-refractivity contribution in [3.63, 3.8) is 0 Å². The maximum absolute atomic E-state index is 12.7. The number of amides is 2. The van der Waals surface area contributed by atoms with Gasteiger partial charge in [-0.25, -0.2) is 9.80 Å². The van der Waals surface area contributed by atoms with Crippen molar-refractivity contribution in [2.24, 2.45) is 5.73 Å². The van der Waals surface area contributed by atoms with Crippen LogP contribution in [0.15, 0.2) is 36.4 Å². The van der Waals surface area contributed by atoms with Gasteiger partial charge in [0.2, 0.25) is 0 Å². The molecule has 1 heterocycles. The van der Waals surface area contributed by atoms with E-state index in [-0.39, 0.29) is 16.7 Å². The molecule has 1 aromatic carbocycles. The van der Waals surface area contributed by atoms with Crippen molar-refractivity contribution < 1.29 is 18.0 Å². The van der Waals surface area contributed by atoms with Gasteiger partial charge in [-0.1, -0.05) is 17.7 Å². The molecule has 0 atom stereocenters. The topological polar surface area (TPSA) is 84.1 Å². The fourth-order valence-electron chi connectivity index (χ4n) is 1.56. The number of urea groups is 1. The Morgan fingerprint density at radius 1 is 1.23 bits per heavy atom. The van der Waals surface area contributed by atoms with Crippen LogP contribution in [-0.2, 0) is 6.18 Å². The standard InChI is InChI=1S/C12H9ClF3N5O/c13-9-4-5-10(19-18-9)20-21(11(17)22)8-3-1-2-7(6-8)12(14,15)16/h1-6H,(H2,17,22)(H,19,20). The lowest BCUT2D eigenvalue weighted by atomic mass is 10.2. The van der Waals surface area contributed by atoms with Gasteiger partial charge in [0.1, 0.15) is 0 Å². The van der Waals surface area contributed by atoms with Crippen LogP contribution in [-0.4, -0.2) is 16.2 Å². The smallest absolute Gasteiger partial charge is 0.350 e. The molecule has 0 aliphatic heterocycles. The van der Waals surface area contributed by atoms with Gasteiger partial charge in [-0.15, -0.1) is 10.2 Å². The van der Waals surface area contributed by atoms with E-state index in [1.807, 2.05) is 0 Å². The van der Waals surface area contributed by atoms with Crippen LogP contribution in [0, 0.1) is 0 Å². The molecule has 116 valence electrons. The fourth-order valence-corrected chi connectivity index (χ4v) is 1.66. The molecule has 0 unspecified atom stereocenters. The number of carbonyl (C=O) groups is 1. The third-order valence-electron chi connectivity index (χ3n) is 2.51. The minimum Gasteiger partial charge on any atom is -0.350 e. The summed E-state index contributed by atoms with van der Waals surface area (Å²) in [6.45, 7) is 0. The van der Waals surface area contributed by atoms with Crippen molar-refractivity contribution in [2.45, 2.75) is 6.18 Å². The zero-order valence-corrected chi connectivity index (χ0v) is 11.6. The van der Waals surface area contributed by atoms with E-state index >= 15 is 0 Å². The molecule has 0 aliphatic carbocycles. The number of alkyl halides is 3. The molecule has 1 aromatic heterocycles. The highest BCUT2D eigenvalue weighted by molar-refractivity contribution is 6.29.